The van der Waals surface area contributed by atoms with E-state index in [1.807, 2.05) is 13.0 Å². The first-order chi connectivity index (χ1) is 9.19. The number of nitrogens with one attached hydrogen (secondary N) is 1. The summed E-state index contributed by atoms with van der Waals surface area (Å²) in [5, 5.41) is 3.58. The van der Waals surface area contributed by atoms with Crippen LogP contribution < -0.4 is 5.32 Å². The van der Waals surface area contributed by atoms with Crippen LogP contribution in [-0.4, -0.2) is 18.8 Å². The smallest absolute Gasteiger partial charge is 0.123 e. The van der Waals surface area contributed by atoms with Crippen LogP contribution in [0.5, 0.6) is 0 Å². The van der Waals surface area contributed by atoms with E-state index in [1.54, 1.807) is 12.1 Å². The van der Waals surface area contributed by atoms with E-state index in [-0.39, 0.29) is 5.82 Å². The molecule has 1 aromatic carbocycles. The van der Waals surface area contributed by atoms with E-state index < -0.39 is 0 Å². The molecule has 4 unspecified atom stereocenters. The number of halogens is 1. The predicted octanol–water partition coefficient (Wildman–Crippen LogP) is 3.35. The van der Waals surface area contributed by atoms with Crippen molar-refractivity contribution < 1.29 is 9.13 Å². The normalized spacial score (nSPS) is 30.8. The van der Waals surface area contributed by atoms with Crippen LogP contribution in [0.25, 0.3) is 0 Å². The van der Waals surface area contributed by atoms with Gasteiger partial charge in [-0.3, -0.25) is 0 Å². The molecular formula is C16H22FNO. The number of aryl methyl sites for hydroxylation is 1. The van der Waals surface area contributed by atoms with Crippen molar-refractivity contribution in [2.45, 2.75) is 51.4 Å². The largest absolute Gasteiger partial charge is 0.375 e. The first-order valence-electron chi connectivity index (χ1n) is 7.34. The van der Waals surface area contributed by atoms with Gasteiger partial charge in [0.2, 0.25) is 0 Å². The third kappa shape index (κ3) is 2.41. The highest BCUT2D eigenvalue weighted by molar-refractivity contribution is 5.30. The molecule has 3 heteroatoms. The summed E-state index contributed by atoms with van der Waals surface area (Å²) < 4.78 is 19.3. The fourth-order valence-electron chi connectivity index (χ4n) is 3.73. The average molecular weight is 263 g/mol. The van der Waals surface area contributed by atoms with Gasteiger partial charge in [-0.15, -0.1) is 0 Å². The highest BCUT2D eigenvalue weighted by Gasteiger charge is 2.44. The lowest BCUT2D eigenvalue weighted by Crippen LogP contribution is -2.34. The lowest BCUT2D eigenvalue weighted by molar-refractivity contribution is 0.0857. The van der Waals surface area contributed by atoms with Gasteiger partial charge in [-0.25, -0.2) is 4.39 Å². The Bertz CT molecular complexity index is 462. The van der Waals surface area contributed by atoms with Gasteiger partial charge >= 0.3 is 0 Å². The Morgan fingerprint density at radius 2 is 2.26 bits per heavy atom. The van der Waals surface area contributed by atoms with E-state index in [1.165, 1.54) is 18.4 Å². The van der Waals surface area contributed by atoms with Gasteiger partial charge in [-0.2, -0.15) is 0 Å². The molecule has 0 amide bonds. The van der Waals surface area contributed by atoms with Crippen LogP contribution in [0.4, 0.5) is 4.39 Å². The number of benzene rings is 1. The van der Waals surface area contributed by atoms with E-state index in [2.05, 4.69) is 12.2 Å². The maximum Gasteiger partial charge on any atom is 0.123 e. The molecular weight excluding hydrogens is 241 g/mol. The van der Waals surface area contributed by atoms with Crippen molar-refractivity contribution in [1.29, 1.82) is 0 Å². The summed E-state index contributed by atoms with van der Waals surface area (Å²) >= 11 is 0. The average Bonchev–Trinajstić information content (AvgIpc) is 2.99. The molecule has 0 spiro atoms. The van der Waals surface area contributed by atoms with Crippen molar-refractivity contribution in [2.24, 2.45) is 5.92 Å². The van der Waals surface area contributed by atoms with Gasteiger partial charge in [0.15, 0.2) is 0 Å². The van der Waals surface area contributed by atoms with Gasteiger partial charge in [0.1, 0.15) is 5.82 Å². The van der Waals surface area contributed by atoms with Crippen molar-refractivity contribution in [3.05, 3.63) is 35.1 Å². The van der Waals surface area contributed by atoms with E-state index in [0.717, 1.165) is 18.5 Å². The third-order valence-electron chi connectivity index (χ3n) is 4.57. The van der Waals surface area contributed by atoms with Gasteiger partial charge in [0, 0.05) is 12.0 Å². The van der Waals surface area contributed by atoms with Crippen LogP contribution in [0.1, 0.15) is 43.4 Å². The van der Waals surface area contributed by atoms with Gasteiger partial charge in [0.05, 0.1) is 12.2 Å². The highest BCUT2D eigenvalue weighted by atomic mass is 19.1. The summed E-state index contributed by atoms with van der Waals surface area (Å²) in [4.78, 5) is 0. The van der Waals surface area contributed by atoms with E-state index in [9.17, 15) is 4.39 Å². The molecule has 19 heavy (non-hydrogen) atoms. The zero-order valence-corrected chi connectivity index (χ0v) is 11.7. The van der Waals surface area contributed by atoms with Crippen LogP contribution in [0.15, 0.2) is 18.2 Å². The monoisotopic (exact) mass is 263 g/mol. The first kappa shape index (κ1) is 13.1. The number of rotatable bonds is 4. The summed E-state index contributed by atoms with van der Waals surface area (Å²) in [7, 11) is 0. The second-order valence-electron chi connectivity index (χ2n) is 5.81. The summed E-state index contributed by atoms with van der Waals surface area (Å²) in [6, 6.07) is 5.43. The summed E-state index contributed by atoms with van der Waals surface area (Å²) in [5.41, 5.74) is 2.26. The van der Waals surface area contributed by atoms with Crippen molar-refractivity contribution in [3.8, 4) is 0 Å². The van der Waals surface area contributed by atoms with Crippen molar-refractivity contribution in [2.75, 3.05) is 6.54 Å². The quantitative estimate of drug-likeness (QED) is 0.899. The Kier molecular flexibility index (Phi) is 3.59. The molecule has 0 aliphatic carbocycles. The Balaban J connectivity index is 1.88. The maximum absolute atomic E-state index is 13.3. The number of ether oxygens (including phenoxy) is 1. The fraction of sp³-hybridized carbons (Fsp3) is 0.625. The van der Waals surface area contributed by atoms with Gasteiger partial charge in [0.25, 0.3) is 0 Å². The Morgan fingerprint density at radius 3 is 2.84 bits per heavy atom. The molecule has 2 fully saturated rings. The van der Waals surface area contributed by atoms with Gasteiger partial charge in [-0.1, -0.05) is 13.0 Å². The molecule has 2 aliphatic rings. The third-order valence-corrected chi connectivity index (χ3v) is 4.57. The van der Waals surface area contributed by atoms with Crippen LogP contribution in [0.3, 0.4) is 0 Å². The topological polar surface area (TPSA) is 21.3 Å². The van der Waals surface area contributed by atoms with Gasteiger partial charge < -0.3 is 10.1 Å². The molecule has 0 saturated carbocycles. The lowest BCUT2D eigenvalue weighted by Gasteiger charge is -2.30. The number of hydrogen-bond donors (Lipinski definition) is 1. The lowest BCUT2D eigenvalue weighted by atomic mass is 9.80. The summed E-state index contributed by atoms with van der Waals surface area (Å²) in [6.45, 7) is 5.05. The fourth-order valence-corrected chi connectivity index (χ4v) is 3.73. The molecule has 1 aromatic rings. The Hall–Kier alpha value is -0.930. The molecule has 2 bridgehead atoms. The summed E-state index contributed by atoms with van der Waals surface area (Å²) in [5.74, 6) is 0.378. The van der Waals surface area contributed by atoms with Crippen LogP contribution in [0, 0.1) is 18.7 Å². The van der Waals surface area contributed by atoms with E-state index >= 15 is 0 Å². The molecule has 0 radical (unpaired) electrons. The van der Waals surface area contributed by atoms with Gasteiger partial charge in [-0.05, 0) is 56.0 Å². The zero-order chi connectivity index (χ0) is 13.4. The molecule has 104 valence electrons. The predicted molar refractivity (Wildman–Crippen MR) is 73.6 cm³/mol. The van der Waals surface area contributed by atoms with E-state index in [0.29, 0.717) is 24.2 Å². The van der Waals surface area contributed by atoms with Crippen molar-refractivity contribution in [3.63, 3.8) is 0 Å². The molecule has 2 saturated heterocycles. The maximum atomic E-state index is 13.3. The molecule has 4 atom stereocenters. The minimum absolute atomic E-state index is 0.152. The molecule has 2 nitrogen and oxygen atoms in total. The molecule has 1 N–H and O–H groups in total. The molecule has 2 heterocycles. The Labute approximate surface area is 114 Å². The highest BCUT2D eigenvalue weighted by Crippen LogP contribution is 2.45. The SMILES string of the molecule is CCNC(c1ccc(F)cc1C)C1CC2CCC1O2. The molecule has 0 aromatic heterocycles. The van der Waals surface area contributed by atoms with Crippen molar-refractivity contribution >= 4 is 0 Å². The van der Waals surface area contributed by atoms with Crippen molar-refractivity contribution in [1.82, 2.24) is 5.32 Å². The Morgan fingerprint density at radius 1 is 1.42 bits per heavy atom. The second kappa shape index (κ2) is 5.22. The van der Waals surface area contributed by atoms with Crippen LogP contribution in [0.2, 0.25) is 0 Å². The molecule has 3 rings (SSSR count). The van der Waals surface area contributed by atoms with Crippen LogP contribution in [-0.2, 0) is 4.74 Å². The number of hydrogen-bond acceptors (Lipinski definition) is 2. The minimum atomic E-state index is -0.152. The van der Waals surface area contributed by atoms with E-state index in [4.69, 9.17) is 4.74 Å². The molecule has 2 aliphatic heterocycles. The van der Waals surface area contributed by atoms with Crippen LogP contribution >= 0.6 is 0 Å². The standard InChI is InChI=1S/C16H22FNO/c1-3-18-16(13-6-4-11(17)8-10(13)2)14-9-12-5-7-15(14)19-12/h4,6,8,12,14-16,18H,3,5,7,9H2,1-2H3. The number of fused-ring (bicyclic) bond motifs is 2. The summed E-state index contributed by atoms with van der Waals surface area (Å²) in [6.07, 6.45) is 4.37. The zero-order valence-electron chi connectivity index (χ0n) is 11.7. The first-order valence-corrected chi connectivity index (χ1v) is 7.34. The second-order valence-corrected chi connectivity index (χ2v) is 5.81. The minimum Gasteiger partial charge on any atom is -0.375 e.